The van der Waals surface area contributed by atoms with Crippen molar-refractivity contribution in [3.63, 3.8) is 0 Å². The molecule has 0 aliphatic rings. The van der Waals surface area contributed by atoms with Crippen LogP contribution in [0, 0.1) is 19.3 Å². The Morgan fingerprint density at radius 2 is 2.25 bits per heavy atom. The average molecular weight is 236 g/mol. The van der Waals surface area contributed by atoms with Gasteiger partial charge in [0.25, 0.3) is 0 Å². The van der Waals surface area contributed by atoms with Crippen molar-refractivity contribution in [1.82, 2.24) is 5.32 Å². The van der Waals surface area contributed by atoms with E-state index in [1.165, 1.54) is 11.1 Å². The van der Waals surface area contributed by atoms with Crippen molar-refractivity contribution >= 4 is 11.6 Å². The molecule has 0 radical (unpaired) electrons. The van der Waals surface area contributed by atoms with Crippen molar-refractivity contribution < 1.29 is 0 Å². The van der Waals surface area contributed by atoms with Crippen LogP contribution >= 0.6 is 11.6 Å². The van der Waals surface area contributed by atoms with Crippen LogP contribution in [0.25, 0.3) is 0 Å². The number of benzene rings is 1. The SMILES string of the molecule is C#CC(CCC)NCc1ccc(Cl)cc1C. The van der Waals surface area contributed by atoms with Gasteiger partial charge < -0.3 is 0 Å². The molecule has 16 heavy (non-hydrogen) atoms. The maximum Gasteiger partial charge on any atom is 0.0689 e. The molecule has 1 aromatic carbocycles. The van der Waals surface area contributed by atoms with E-state index in [4.69, 9.17) is 18.0 Å². The number of hydrogen-bond acceptors (Lipinski definition) is 1. The van der Waals surface area contributed by atoms with Gasteiger partial charge in [0.05, 0.1) is 6.04 Å². The molecule has 0 fully saturated rings. The Hall–Kier alpha value is -0.970. The third kappa shape index (κ3) is 3.89. The first-order valence-corrected chi connectivity index (χ1v) is 5.99. The molecule has 0 aliphatic heterocycles. The van der Waals surface area contributed by atoms with Gasteiger partial charge in [-0.15, -0.1) is 6.42 Å². The van der Waals surface area contributed by atoms with Crippen LogP contribution in [0.1, 0.15) is 30.9 Å². The molecule has 2 heteroatoms. The minimum Gasteiger partial charge on any atom is -0.300 e. The van der Waals surface area contributed by atoms with Crippen molar-refractivity contribution in [2.24, 2.45) is 0 Å². The molecule has 1 nitrogen and oxygen atoms in total. The lowest BCUT2D eigenvalue weighted by atomic mass is 10.1. The van der Waals surface area contributed by atoms with Crippen LogP contribution in [-0.4, -0.2) is 6.04 Å². The van der Waals surface area contributed by atoms with E-state index in [-0.39, 0.29) is 6.04 Å². The van der Waals surface area contributed by atoms with Crippen LogP contribution in [0.2, 0.25) is 5.02 Å². The standard InChI is InChI=1S/C14H18ClN/c1-4-6-14(5-2)16-10-12-7-8-13(15)9-11(12)3/h2,7-9,14,16H,4,6,10H2,1,3H3. The Morgan fingerprint density at radius 3 is 2.81 bits per heavy atom. The summed E-state index contributed by atoms with van der Waals surface area (Å²) in [7, 11) is 0. The first-order valence-electron chi connectivity index (χ1n) is 5.62. The van der Waals surface area contributed by atoms with E-state index in [0.29, 0.717) is 0 Å². The van der Waals surface area contributed by atoms with Gasteiger partial charge in [0.2, 0.25) is 0 Å². The summed E-state index contributed by atoms with van der Waals surface area (Å²) in [4.78, 5) is 0. The summed E-state index contributed by atoms with van der Waals surface area (Å²) in [6, 6.07) is 6.10. The highest BCUT2D eigenvalue weighted by Gasteiger charge is 2.04. The first-order chi connectivity index (χ1) is 7.67. The summed E-state index contributed by atoms with van der Waals surface area (Å²) < 4.78 is 0. The zero-order valence-electron chi connectivity index (χ0n) is 9.89. The molecule has 0 saturated carbocycles. The summed E-state index contributed by atoms with van der Waals surface area (Å²) in [6.07, 6.45) is 7.57. The van der Waals surface area contributed by atoms with Crippen LogP contribution in [-0.2, 0) is 6.54 Å². The molecular formula is C14H18ClN. The zero-order chi connectivity index (χ0) is 12.0. The van der Waals surface area contributed by atoms with E-state index in [0.717, 1.165) is 24.4 Å². The molecule has 0 saturated heterocycles. The molecule has 0 heterocycles. The first kappa shape index (κ1) is 13.1. The lowest BCUT2D eigenvalue weighted by molar-refractivity contribution is 0.562. The van der Waals surface area contributed by atoms with Crippen molar-refractivity contribution in [2.75, 3.05) is 0 Å². The lowest BCUT2D eigenvalue weighted by Crippen LogP contribution is -2.27. The van der Waals surface area contributed by atoms with Crippen LogP contribution in [0.4, 0.5) is 0 Å². The van der Waals surface area contributed by atoms with Crippen molar-refractivity contribution in [3.8, 4) is 12.3 Å². The third-order valence-corrected chi connectivity index (χ3v) is 2.86. The summed E-state index contributed by atoms with van der Waals surface area (Å²) in [5.41, 5.74) is 2.45. The Bertz CT molecular complexity index is 379. The van der Waals surface area contributed by atoms with Gasteiger partial charge in [0.15, 0.2) is 0 Å². The zero-order valence-corrected chi connectivity index (χ0v) is 10.6. The van der Waals surface area contributed by atoms with E-state index in [2.05, 4.69) is 25.1 Å². The molecule has 0 aromatic heterocycles. The molecule has 1 atom stereocenters. The average Bonchev–Trinajstić information content (AvgIpc) is 2.26. The van der Waals surface area contributed by atoms with Crippen LogP contribution in [0.15, 0.2) is 18.2 Å². The fourth-order valence-corrected chi connectivity index (χ4v) is 1.85. The predicted molar refractivity (Wildman–Crippen MR) is 70.6 cm³/mol. The molecule has 1 aromatic rings. The summed E-state index contributed by atoms with van der Waals surface area (Å²) in [6.45, 7) is 5.00. The van der Waals surface area contributed by atoms with Crippen LogP contribution < -0.4 is 5.32 Å². The molecule has 0 spiro atoms. The maximum atomic E-state index is 5.90. The molecule has 0 bridgehead atoms. The predicted octanol–water partition coefficient (Wildman–Crippen LogP) is 3.54. The number of terminal acetylenes is 1. The topological polar surface area (TPSA) is 12.0 Å². The van der Waals surface area contributed by atoms with Gasteiger partial charge in [0.1, 0.15) is 0 Å². The van der Waals surface area contributed by atoms with Crippen molar-refractivity contribution in [2.45, 2.75) is 39.3 Å². The van der Waals surface area contributed by atoms with Gasteiger partial charge >= 0.3 is 0 Å². The van der Waals surface area contributed by atoms with Gasteiger partial charge in [-0.1, -0.05) is 36.9 Å². The second kappa shape index (κ2) is 6.58. The fraction of sp³-hybridized carbons (Fsp3) is 0.429. The van der Waals surface area contributed by atoms with E-state index >= 15 is 0 Å². The van der Waals surface area contributed by atoms with E-state index in [9.17, 15) is 0 Å². The number of nitrogens with one attached hydrogen (secondary N) is 1. The molecule has 0 aliphatic carbocycles. The molecular weight excluding hydrogens is 218 g/mol. The second-order valence-electron chi connectivity index (χ2n) is 3.96. The summed E-state index contributed by atoms with van der Waals surface area (Å²) in [5.74, 6) is 2.77. The molecule has 1 rings (SSSR count). The molecule has 86 valence electrons. The van der Waals surface area contributed by atoms with Gasteiger partial charge in [-0.05, 0) is 36.6 Å². The number of rotatable bonds is 5. The highest BCUT2D eigenvalue weighted by molar-refractivity contribution is 6.30. The third-order valence-electron chi connectivity index (χ3n) is 2.62. The van der Waals surface area contributed by atoms with Crippen molar-refractivity contribution in [3.05, 3.63) is 34.3 Å². The highest BCUT2D eigenvalue weighted by atomic mass is 35.5. The maximum absolute atomic E-state index is 5.90. The minimum atomic E-state index is 0.167. The number of aryl methyl sites for hydroxylation is 1. The second-order valence-corrected chi connectivity index (χ2v) is 4.40. The molecule has 1 N–H and O–H groups in total. The van der Waals surface area contributed by atoms with E-state index in [1.54, 1.807) is 0 Å². The van der Waals surface area contributed by atoms with Crippen molar-refractivity contribution in [1.29, 1.82) is 0 Å². The lowest BCUT2D eigenvalue weighted by Gasteiger charge is -2.13. The van der Waals surface area contributed by atoms with Crippen LogP contribution in [0.3, 0.4) is 0 Å². The summed E-state index contributed by atoms with van der Waals surface area (Å²) >= 11 is 5.90. The molecule has 0 amide bonds. The fourth-order valence-electron chi connectivity index (χ4n) is 1.62. The minimum absolute atomic E-state index is 0.167. The van der Waals surface area contributed by atoms with E-state index in [1.807, 2.05) is 18.2 Å². The highest BCUT2D eigenvalue weighted by Crippen LogP contribution is 2.15. The number of halogens is 1. The smallest absolute Gasteiger partial charge is 0.0689 e. The van der Waals surface area contributed by atoms with Gasteiger partial charge in [-0.2, -0.15) is 0 Å². The largest absolute Gasteiger partial charge is 0.300 e. The Balaban J connectivity index is 2.57. The quantitative estimate of drug-likeness (QED) is 0.770. The Labute approximate surface area is 103 Å². The van der Waals surface area contributed by atoms with Gasteiger partial charge in [0, 0.05) is 11.6 Å². The van der Waals surface area contributed by atoms with E-state index < -0.39 is 0 Å². The monoisotopic (exact) mass is 235 g/mol. The normalized spacial score (nSPS) is 12.1. The Morgan fingerprint density at radius 1 is 1.50 bits per heavy atom. The summed E-state index contributed by atoms with van der Waals surface area (Å²) in [5, 5.41) is 4.15. The van der Waals surface area contributed by atoms with Gasteiger partial charge in [-0.3, -0.25) is 5.32 Å². The molecule has 1 unspecified atom stereocenters. The number of hydrogen-bond donors (Lipinski definition) is 1. The van der Waals surface area contributed by atoms with Crippen LogP contribution in [0.5, 0.6) is 0 Å². The van der Waals surface area contributed by atoms with Gasteiger partial charge in [-0.25, -0.2) is 0 Å². The Kier molecular flexibility index (Phi) is 5.38.